The lowest BCUT2D eigenvalue weighted by Gasteiger charge is -2.56. The van der Waals surface area contributed by atoms with Gasteiger partial charge in [0.25, 0.3) is 5.91 Å². The number of carbonyl (C=O) groups is 3. The Morgan fingerprint density at radius 1 is 0.812 bits per heavy atom. The van der Waals surface area contributed by atoms with Gasteiger partial charge in [-0.05, 0) is 67.4 Å². The highest BCUT2D eigenvalue weighted by Crippen LogP contribution is 2.60. The first-order chi connectivity index (χ1) is 15.5. The van der Waals surface area contributed by atoms with E-state index in [0.29, 0.717) is 28.9 Å². The molecule has 32 heavy (non-hydrogen) atoms. The van der Waals surface area contributed by atoms with E-state index in [1.54, 1.807) is 0 Å². The summed E-state index contributed by atoms with van der Waals surface area (Å²) < 4.78 is 0. The van der Waals surface area contributed by atoms with Crippen LogP contribution in [0.25, 0.3) is 0 Å². The fraction of sp³-hybridized carbons (Fsp3) is 0.444. The average molecular weight is 429 g/mol. The van der Waals surface area contributed by atoms with Crippen molar-refractivity contribution in [3.8, 4) is 0 Å². The summed E-state index contributed by atoms with van der Waals surface area (Å²) >= 11 is 0. The van der Waals surface area contributed by atoms with Gasteiger partial charge in [0.05, 0.1) is 6.54 Å². The minimum atomic E-state index is -1.30. The second kappa shape index (κ2) is 7.03. The van der Waals surface area contributed by atoms with Crippen LogP contribution in [0.2, 0.25) is 0 Å². The van der Waals surface area contributed by atoms with Crippen LogP contribution in [0.5, 0.6) is 0 Å². The maximum absolute atomic E-state index is 13.9. The Bertz CT molecular complexity index is 1000. The maximum atomic E-state index is 13.9. The number of rotatable bonds is 5. The zero-order chi connectivity index (χ0) is 21.9. The summed E-state index contributed by atoms with van der Waals surface area (Å²) in [6.07, 6.45) is 6.56. The number of Topliss-reactive ketones (excluding diaryl/α,β-unsaturated/α-hetero) is 1. The number of carbonyl (C=O) groups excluding carboxylic acids is 3. The van der Waals surface area contributed by atoms with Crippen LogP contribution < -0.4 is 5.32 Å². The van der Waals surface area contributed by atoms with Crippen LogP contribution in [-0.2, 0) is 15.1 Å². The van der Waals surface area contributed by atoms with Crippen LogP contribution in [0.1, 0.15) is 49.7 Å². The Labute approximate surface area is 188 Å². The lowest BCUT2D eigenvalue weighted by atomic mass is 9.48. The zero-order valence-corrected chi connectivity index (χ0v) is 18.1. The van der Waals surface area contributed by atoms with Gasteiger partial charge < -0.3 is 5.32 Å². The third kappa shape index (κ3) is 2.79. The van der Waals surface area contributed by atoms with Crippen molar-refractivity contribution in [1.82, 2.24) is 10.2 Å². The topological polar surface area (TPSA) is 66.5 Å². The first-order valence-electron chi connectivity index (χ1n) is 11.8. The molecular formula is C27H28N2O3. The summed E-state index contributed by atoms with van der Waals surface area (Å²) in [5.74, 6) is 1.64. The Balaban J connectivity index is 1.34. The molecule has 1 aliphatic heterocycles. The predicted molar refractivity (Wildman–Crippen MR) is 120 cm³/mol. The molecule has 2 aromatic rings. The minimum absolute atomic E-state index is 0.0806. The Hall–Kier alpha value is -2.95. The molecule has 5 fully saturated rings. The highest BCUT2D eigenvalue weighted by Gasteiger charge is 2.58. The molecule has 5 aliphatic rings. The van der Waals surface area contributed by atoms with E-state index in [0.717, 1.165) is 19.3 Å². The zero-order valence-electron chi connectivity index (χ0n) is 18.1. The normalized spacial score (nSPS) is 32.2. The molecule has 7 rings (SSSR count). The van der Waals surface area contributed by atoms with Crippen molar-refractivity contribution >= 4 is 17.7 Å². The molecule has 1 N–H and O–H groups in total. The van der Waals surface area contributed by atoms with E-state index in [2.05, 4.69) is 5.32 Å². The summed E-state index contributed by atoms with van der Waals surface area (Å²) in [7, 11) is 0. The number of benzene rings is 2. The predicted octanol–water partition coefficient (Wildman–Crippen LogP) is 4.27. The molecular weight excluding hydrogens is 400 g/mol. The molecule has 2 aromatic carbocycles. The summed E-state index contributed by atoms with van der Waals surface area (Å²) in [6, 6.07) is 18.2. The number of urea groups is 1. The van der Waals surface area contributed by atoms with Crippen molar-refractivity contribution in [1.29, 1.82) is 0 Å². The fourth-order valence-electron chi connectivity index (χ4n) is 7.42. The number of ketones is 1. The first kappa shape index (κ1) is 19.7. The van der Waals surface area contributed by atoms with Gasteiger partial charge in [0.15, 0.2) is 11.3 Å². The highest BCUT2D eigenvalue weighted by atomic mass is 16.2. The fourth-order valence-corrected chi connectivity index (χ4v) is 7.42. The van der Waals surface area contributed by atoms with E-state index >= 15 is 0 Å². The number of nitrogens with one attached hydrogen (secondary N) is 1. The maximum Gasteiger partial charge on any atom is 0.325 e. The van der Waals surface area contributed by atoms with Gasteiger partial charge in [-0.2, -0.15) is 0 Å². The molecule has 1 heterocycles. The van der Waals surface area contributed by atoms with Crippen LogP contribution in [-0.4, -0.2) is 29.2 Å². The minimum Gasteiger partial charge on any atom is -0.315 e. The Kier molecular flexibility index (Phi) is 4.33. The van der Waals surface area contributed by atoms with Crippen LogP contribution in [0.15, 0.2) is 60.7 Å². The molecule has 4 bridgehead atoms. The standard InChI is InChI=1S/C27H28N2O3/c30-23(26-14-18-11-19(15-26)13-20(12-18)16-26)17-29-24(31)27(28-25(29)32,21-7-3-1-4-8-21)22-9-5-2-6-10-22/h1-10,18-20H,11-17H2,(H,28,32). The molecule has 4 aliphatic carbocycles. The van der Waals surface area contributed by atoms with Crippen molar-refractivity contribution in [2.24, 2.45) is 23.2 Å². The third-order valence-corrected chi connectivity index (χ3v) is 8.45. The number of nitrogens with zero attached hydrogens (tertiary/aromatic N) is 1. The lowest BCUT2D eigenvalue weighted by molar-refractivity contribution is -0.147. The first-order valence-corrected chi connectivity index (χ1v) is 11.8. The van der Waals surface area contributed by atoms with Gasteiger partial charge in [-0.3, -0.25) is 14.5 Å². The van der Waals surface area contributed by atoms with E-state index in [4.69, 9.17) is 0 Å². The van der Waals surface area contributed by atoms with Gasteiger partial charge in [0, 0.05) is 5.41 Å². The van der Waals surface area contributed by atoms with Crippen molar-refractivity contribution in [3.63, 3.8) is 0 Å². The Morgan fingerprint density at radius 2 is 1.28 bits per heavy atom. The number of imide groups is 1. The smallest absolute Gasteiger partial charge is 0.315 e. The van der Waals surface area contributed by atoms with Crippen LogP contribution >= 0.6 is 0 Å². The number of amides is 3. The van der Waals surface area contributed by atoms with E-state index in [1.807, 2.05) is 60.7 Å². The quantitative estimate of drug-likeness (QED) is 0.724. The van der Waals surface area contributed by atoms with Gasteiger partial charge in [0.2, 0.25) is 0 Å². The second-order valence-corrected chi connectivity index (χ2v) is 10.4. The van der Waals surface area contributed by atoms with Crippen molar-refractivity contribution in [2.75, 3.05) is 6.54 Å². The average Bonchev–Trinajstić information content (AvgIpc) is 3.05. The van der Waals surface area contributed by atoms with Crippen LogP contribution in [0.3, 0.4) is 0 Å². The molecule has 4 saturated carbocycles. The number of hydrogen-bond acceptors (Lipinski definition) is 3. The lowest BCUT2D eigenvalue weighted by Crippen LogP contribution is -2.53. The molecule has 5 heteroatoms. The molecule has 1 saturated heterocycles. The van der Waals surface area contributed by atoms with E-state index in [-0.39, 0.29) is 23.7 Å². The monoisotopic (exact) mass is 428 g/mol. The summed E-state index contributed by atoms with van der Waals surface area (Å²) in [6.45, 7) is -0.127. The molecule has 0 atom stereocenters. The van der Waals surface area contributed by atoms with Gasteiger partial charge in [-0.1, -0.05) is 60.7 Å². The summed E-state index contributed by atoms with van der Waals surface area (Å²) in [5, 5.41) is 2.96. The van der Waals surface area contributed by atoms with E-state index in [9.17, 15) is 14.4 Å². The number of hydrogen-bond donors (Lipinski definition) is 1. The molecule has 0 radical (unpaired) electrons. The second-order valence-electron chi connectivity index (χ2n) is 10.4. The summed E-state index contributed by atoms with van der Waals surface area (Å²) in [5.41, 5.74) is -0.231. The third-order valence-electron chi connectivity index (χ3n) is 8.45. The molecule has 3 amide bonds. The van der Waals surface area contributed by atoms with E-state index in [1.165, 1.54) is 24.2 Å². The molecule has 0 aromatic heterocycles. The van der Waals surface area contributed by atoms with Gasteiger partial charge >= 0.3 is 6.03 Å². The van der Waals surface area contributed by atoms with Crippen molar-refractivity contribution in [3.05, 3.63) is 71.8 Å². The molecule has 0 spiro atoms. The van der Waals surface area contributed by atoms with E-state index < -0.39 is 11.6 Å². The molecule has 164 valence electrons. The summed E-state index contributed by atoms with van der Waals surface area (Å²) in [4.78, 5) is 41.9. The van der Waals surface area contributed by atoms with Crippen LogP contribution in [0, 0.1) is 23.2 Å². The molecule has 0 unspecified atom stereocenters. The SMILES string of the molecule is O=C1NC(c2ccccc2)(c2ccccc2)C(=O)N1CC(=O)C12CC3CC(CC(C3)C1)C2. The van der Waals surface area contributed by atoms with Crippen molar-refractivity contribution in [2.45, 2.75) is 44.1 Å². The largest absolute Gasteiger partial charge is 0.325 e. The Morgan fingerprint density at radius 3 is 1.75 bits per heavy atom. The van der Waals surface area contributed by atoms with Gasteiger partial charge in [-0.25, -0.2) is 4.79 Å². The van der Waals surface area contributed by atoms with Gasteiger partial charge in [-0.15, -0.1) is 0 Å². The van der Waals surface area contributed by atoms with Crippen LogP contribution in [0.4, 0.5) is 4.79 Å². The highest BCUT2D eigenvalue weighted by molar-refractivity contribution is 6.11. The van der Waals surface area contributed by atoms with Crippen molar-refractivity contribution < 1.29 is 14.4 Å². The van der Waals surface area contributed by atoms with Gasteiger partial charge in [0.1, 0.15) is 0 Å². The molecule has 5 nitrogen and oxygen atoms in total.